The molecule has 1 aliphatic rings. The molecular formula is C18H20N2O4S. The Bertz CT molecular complexity index is 824. The van der Waals surface area contributed by atoms with Gasteiger partial charge in [-0.2, -0.15) is 0 Å². The fourth-order valence-electron chi connectivity index (χ4n) is 3.06. The summed E-state index contributed by atoms with van der Waals surface area (Å²) in [5.41, 5.74) is 0.578. The number of rotatable bonds is 5. The maximum atomic E-state index is 12.3. The zero-order chi connectivity index (χ0) is 18.0. The smallest absolute Gasteiger partial charge is 0.345 e. The van der Waals surface area contributed by atoms with Crippen LogP contribution in [0.5, 0.6) is 0 Å². The molecule has 0 saturated heterocycles. The number of carboxylic acid groups (broad SMARTS) is 1. The molecule has 1 fully saturated rings. The van der Waals surface area contributed by atoms with E-state index in [9.17, 15) is 14.4 Å². The predicted octanol–water partition coefficient (Wildman–Crippen LogP) is 3.23. The van der Waals surface area contributed by atoms with Crippen molar-refractivity contribution < 1.29 is 19.5 Å². The van der Waals surface area contributed by atoms with Crippen LogP contribution in [0.25, 0.3) is 10.1 Å². The molecule has 1 aliphatic carbocycles. The topological polar surface area (TPSA) is 95.5 Å². The Morgan fingerprint density at radius 3 is 2.60 bits per heavy atom. The van der Waals surface area contributed by atoms with Gasteiger partial charge in [-0.25, -0.2) is 4.79 Å². The number of carbonyl (C=O) groups excluding carboxylic acids is 2. The highest BCUT2D eigenvalue weighted by atomic mass is 32.1. The first-order valence-corrected chi connectivity index (χ1v) is 9.14. The number of thiophene rings is 1. The van der Waals surface area contributed by atoms with Crippen LogP contribution in [0.2, 0.25) is 0 Å². The van der Waals surface area contributed by atoms with Gasteiger partial charge in [0, 0.05) is 16.3 Å². The van der Waals surface area contributed by atoms with Gasteiger partial charge in [-0.1, -0.05) is 12.8 Å². The zero-order valence-corrected chi connectivity index (χ0v) is 14.7. The lowest BCUT2D eigenvalue weighted by atomic mass is 10.1. The van der Waals surface area contributed by atoms with Crippen molar-refractivity contribution >= 4 is 44.9 Å². The van der Waals surface area contributed by atoms with Crippen LogP contribution in [0.1, 0.15) is 42.3 Å². The molecule has 1 unspecified atom stereocenters. The minimum atomic E-state index is -0.963. The molecule has 1 heterocycles. The van der Waals surface area contributed by atoms with Crippen molar-refractivity contribution in [3.63, 3.8) is 0 Å². The molecule has 25 heavy (non-hydrogen) atoms. The highest BCUT2D eigenvalue weighted by molar-refractivity contribution is 7.20. The highest BCUT2D eigenvalue weighted by Crippen LogP contribution is 2.28. The molecule has 1 aromatic heterocycles. The number of nitrogens with one attached hydrogen (secondary N) is 2. The van der Waals surface area contributed by atoms with Crippen molar-refractivity contribution in [1.82, 2.24) is 5.32 Å². The van der Waals surface area contributed by atoms with Crippen molar-refractivity contribution in [3.05, 3.63) is 29.1 Å². The maximum absolute atomic E-state index is 12.3. The van der Waals surface area contributed by atoms with E-state index in [0.717, 1.165) is 35.8 Å². The van der Waals surface area contributed by atoms with E-state index in [-0.39, 0.29) is 22.6 Å². The van der Waals surface area contributed by atoms with Gasteiger partial charge >= 0.3 is 5.97 Å². The molecular weight excluding hydrogens is 340 g/mol. The predicted molar refractivity (Wildman–Crippen MR) is 97.0 cm³/mol. The van der Waals surface area contributed by atoms with Crippen molar-refractivity contribution in [1.29, 1.82) is 0 Å². The summed E-state index contributed by atoms with van der Waals surface area (Å²) in [5.74, 6) is -1.29. The van der Waals surface area contributed by atoms with Crippen LogP contribution < -0.4 is 10.6 Å². The SMILES string of the molecule is CC(NC(=O)C1CCCC1)C(=O)Nc1ccc2sc(C(=O)O)cc2c1. The van der Waals surface area contributed by atoms with Gasteiger partial charge in [0.25, 0.3) is 0 Å². The van der Waals surface area contributed by atoms with Crippen LogP contribution in [0.4, 0.5) is 5.69 Å². The first-order valence-electron chi connectivity index (χ1n) is 8.32. The minimum Gasteiger partial charge on any atom is -0.477 e. The summed E-state index contributed by atoms with van der Waals surface area (Å²) in [7, 11) is 0. The molecule has 0 spiro atoms. The molecule has 2 aromatic rings. The molecule has 2 amide bonds. The molecule has 1 atom stereocenters. The molecule has 6 nitrogen and oxygen atoms in total. The molecule has 3 N–H and O–H groups in total. The quantitative estimate of drug-likeness (QED) is 0.763. The molecule has 7 heteroatoms. The van der Waals surface area contributed by atoms with Crippen LogP contribution >= 0.6 is 11.3 Å². The molecule has 132 valence electrons. The Hall–Kier alpha value is -2.41. The van der Waals surface area contributed by atoms with Crippen LogP contribution in [0.3, 0.4) is 0 Å². The second-order valence-electron chi connectivity index (χ2n) is 6.37. The van der Waals surface area contributed by atoms with E-state index < -0.39 is 12.0 Å². The number of aromatic carboxylic acids is 1. The van der Waals surface area contributed by atoms with Gasteiger partial charge in [-0.3, -0.25) is 9.59 Å². The van der Waals surface area contributed by atoms with Crippen LogP contribution in [-0.4, -0.2) is 28.9 Å². The van der Waals surface area contributed by atoms with Gasteiger partial charge in [-0.15, -0.1) is 11.3 Å². The molecule has 3 rings (SSSR count). The van der Waals surface area contributed by atoms with Gasteiger partial charge in [0.15, 0.2) is 0 Å². The first kappa shape index (κ1) is 17.4. The summed E-state index contributed by atoms with van der Waals surface area (Å²) < 4.78 is 0.845. The lowest BCUT2D eigenvalue weighted by Gasteiger charge is -2.16. The van der Waals surface area contributed by atoms with E-state index in [1.807, 2.05) is 0 Å². The third-order valence-corrected chi connectivity index (χ3v) is 5.58. The number of anilines is 1. The molecule has 0 radical (unpaired) electrons. The Kier molecular flexibility index (Phi) is 5.03. The largest absolute Gasteiger partial charge is 0.477 e. The standard InChI is InChI=1S/C18H20N2O4S/c1-10(19-17(22)11-4-2-3-5-11)16(21)20-13-6-7-14-12(8-13)9-15(25-14)18(23)24/h6-11H,2-5H2,1H3,(H,19,22)(H,20,21)(H,23,24). The van der Waals surface area contributed by atoms with Gasteiger partial charge in [0.1, 0.15) is 10.9 Å². The normalized spacial score (nSPS) is 15.9. The van der Waals surface area contributed by atoms with Gasteiger partial charge < -0.3 is 15.7 Å². The van der Waals surface area contributed by atoms with E-state index in [2.05, 4.69) is 10.6 Å². The summed E-state index contributed by atoms with van der Waals surface area (Å²) in [4.78, 5) is 35.7. The van der Waals surface area contributed by atoms with E-state index >= 15 is 0 Å². The van der Waals surface area contributed by atoms with Crippen molar-refractivity contribution in [2.24, 2.45) is 5.92 Å². The van der Waals surface area contributed by atoms with Crippen molar-refractivity contribution in [2.75, 3.05) is 5.32 Å². The van der Waals surface area contributed by atoms with E-state index in [0.29, 0.717) is 5.69 Å². The average molecular weight is 360 g/mol. The second-order valence-corrected chi connectivity index (χ2v) is 7.45. The molecule has 0 bridgehead atoms. The van der Waals surface area contributed by atoms with E-state index in [4.69, 9.17) is 5.11 Å². The van der Waals surface area contributed by atoms with Gasteiger partial charge in [0.2, 0.25) is 11.8 Å². The molecule has 1 saturated carbocycles. The highest BCUT2D eigenvalue weighted by Gasteiger charge is 2.25. The number of carboxylic acids is 1. The number of carbonyl (C=O) groups is 3. The third kappa shape index (κ3) is 3.99. The summed E-state index contributed by atoms with van der Waals surface area (Å²) in [5, 5.41) is 15.4. The zero-order valence-electron chi connectivity index (χ0n) is 13.9. The number of hydrogen-bond acceptors (Lipinski definition) is 4. The Balaban J connectivity index is 1.64. The molecule has 0 aliphatic heterocycles. The van der Waals surface area contributed by atoms with Crippen LogP contribution in [-0.2, 0) is 9.59 Å². The number of amides is 2. The fraction of sp³-hybridized carbons (Fsp3) is 0.389. The maximum Gasteiger partial charge on any atom is 0.345 e. The Morgan fingerprint density at radius 2 is 1.92 bits per heavy atom. The Labute approximate surface area is 149 Å². The van der Waals surface area contributed by atoms with E-state index in [1.54, 1.807) is 31.2 Å². The number of benzene rings is 1. The summed E-state index contributed by atoms with van der Waals surface area (Å²) in [6.45, 7) is 1.66. The van der Waals surface area contributed by atoms with Gasteiger partial charge in [-0.05, 0) is 49.4 Å². The van der Waals surface area contributed by atoms with Crippen molar-refractivity contribution in [3.8, 4) is 0 Å². The summed E-state index contributed by atoms with van der Waals surface area (Å²) >= 11 is 1.19. The monoisotopic (exact) mass is 360 g/mol. The lowest BCUT2D eigenvalue weighted by Crippen LogP contribution is -2.43. The first-order chi connectivity index (χ1) is 11.9. The average Bonchev–Trinajstić information content (AvgIpc) is 3.23. The fourth-order valence-corrected chi connectivity index (χ4v) is 3.94. The summed E-state index contributed by atoms with van der Waals surface area (Å²) in [6, 6.07) is 6.21. The van der Waals surface area contributed by atoms with Crippen LogP contribution in [0, 0.1) is 5.92 Å². The Morgan fingerprint density at radius 1 is 1.20 bits per heavy atom. The molecule has 1 aromatic carbocycles. The lowest BCUT2D eigenvalue weighted by molar-refractivity contribution is -0.128. The van der Waals surface area contributed by atoms with E-state index in [1.165, 1.54) is 11.3 Å². The van der Waals surface area contributed by atoms with Crippen molar-refractivity contribution in [2.45, 2.75) is 38.6 Å². The van der Waals surface area contributed by atoms with Gasteiger partial charge in [0.05, 0.1) is 0 Å². The number of hydrogen-bond donors (Lipinski definition) is 3. The summed E-state index contributed by atoms with van der Waals surface area (Å²) in [6.07, 6.45) is 3.91. The van der Waals surface area contributed by atoms with Crippen LogP contribution in [0.15, 0.2) is 24.3 Å². The minimum absolute atomic E-state index is 0.0202. The third-order valence-electron chi connectivity index (χ3n) is 4.47. The second kappa shape index (κ2) is 7.23. The number of fused-ring (bicyclic) bond motifs is 1.